The van der Waals surface area contributed by atoms with E-state index in [-0.39, 0.29) is 5.84 Å². The van der Waals surface area contributed by atoms with Crippen LogP contribution in [0.1, 0.15) is 62.4 Å². The summed E-state index contributed by atoms with van der Waals surface area (Å²) in [5.41, 5.74) is 6.11. The number of furan rings is 1. The molecule has 1 fully saturated rings. The Morgan fingerprint density at radius 2 is 1.42 bits per heavy atom. The maximum absolute atomic E-state index is 9.23. The quantitative estimate of drug-likeness (QED) is 0.0815. The summed E-state index contributed by atoms with van der Waals surface area (Å²) < 4.78 is 19.0. The number of nitrogens with zero attached hydrogens (tertiary/aromatic N) is 2. The van der Waals surface area contributed by atoms with Crippen LogP contribution in [-0.4, -0.2) is 36.2 Å². The number of allylic oxidation sites excluding steroid dienone is 1. The van der Waals surface area contributed by atoms with Crippen molar-refractivity contribution in [2.45, 2.75) is 45.8 Å². The highest BCUT2D eigenvalue weighted by Crippen LogP contribution is 2.38. The van der Waals surface area contributed by atoms with E-state index in [1.165, 1.54) is 0 Å². The summed E-state index contributed by atoms with van der Waals surface area (Å²) in [7, 11) is -0.496. The van der Waals surface area contributed by atoms with Crippen LogP contribution < -0.4 is 5.46 Å². The van der Waals surface area contributed by atoms with Crippen molar-refractivity contribution in [1.29, 1.82) is 5.41 Å². The van der Waals surface area contributed by atoms with Crippen molar-refractivity contribution < 1.29 is 13.7 Å². The number of rotatable bonds is 6. The SMILES string of the molecule is C=Cc1c(/C=C\C)c2ccccc2c2cc(C(=N)N=C(N=Cc3cccc4oc5ccc(B6OC(C)(C)C(C)(C)O6)cc5c34)c3ccccc3)ccc12. The van der Waals surface area contributed by atoms with Gasteiger partial charge < -0.3 is 13.7 Å². The largest absolute Gasteiger partial charge is 0.494 e. The van der Waals surface area contributed by atoms with Gasteiger partial charge in [0.15, 0.2) is 11.7 Å². The highest BCUT2D eigenvalue weighted by atomic mass is 16.7. The number of nitrogens with one attached hydrogen (secondary N) is 1. The molecule has 7 heteroatoms. The van der Waals surface area contributed by atoms with Crippen LogP contribution in [0.15, 0.2) is 136 Å². The number of aliphatic imine (C=N–C) groups is 2. The van der Waals surface area contributed by atoms with E-state index in [0.717, 1.165) is 71.2 Å². The van der Waals surface area contributed by atoms with Crippen molar-refractivity contribution in [3.8, 4) is 0 Å². The highest BCUT2D eigenvalue weighted by molar-refractivity contribution is 6.62. The Balaban J connectivity index is 1.21. The number of benzene rings is 6. The van der Waals surface area contributed by atoms with E-state index in [1.807, 2.05) is 85.9 Å². The Bertz CT molecular complexity index is 2670. The van der Waals surface area contributed by atoms with Gasteiger partial charge in [-0.25, -0.2) is 9.98 Å². The molecule has 1 N–H and O–H groups in total. The minimum Gasteiger partial charge on any atom is -0.456 e. The highest BCUT2D eigenvalue weighted by Gasteiger charge is 2.51. The molecule has 0 saturated carbocycles. The molecule has 0 aliphatic carbocycles. The van der Waals surface area contributed by atoms with Crippen LogP contribution in [-0.2, 0) is 9.31 Å². The third-order valence-electron chi connectivity index (χ3n) is 10.6. The molecule has 8 rings (SSSR count). The zero-order valence-corrected chi connectivity index (χ0v) is 30.6. The lowest BCUT2D eigenvalue weighted by Crippen LogP contribution is -2.41. The van der Waals surface area contributed by atoms with Crippen molar-refractivity contribution in [3.05, 3.63) is 150 Å². The third kappa shape index (κ3) is 6.02. The molecule has 0 spiro atoms. The van der Waals surface area contributed by atoms with Crippen LogP contribution >= 0.6 is 0 Å². The molecule has 1 aromatic heterocycles. The summed E-state index contributed by atoms with van der Waals surface area (Å²) in [5.74, 6) is 0.544. The molecule has 2 heterocycles. The van der Waals surface area contributed by atoms with Crippen molar-refractivity contribution in [3.63, 3.8) is 0 Å². The molecule has 1 aliphatic rings. The summed E-state index contributed by atoms with van der Waals surface area (Å²) in [4.78, 5) is 9.79. The van der Waals surface area contributed by atoms with Crippen LogP contribution in [0.5, 0.6) is 0 Å². The average Bonchev–Trinajstić information content (AvgIpc) is 3.65. The standard InChI is InChI=1S/C46H40BN3O3/c1-7-15-34-33(8-2)37-24-22-30(26-38(37)36-20-13-12-19-35(34)36)43(48)50-44(29-16-10-9-11-17-29)49-28-31-18-14-21-41-42(31)39-27-32(23-25-40(39)51-41)47-52-45(3,4)46(5,6)53-47/h7-28,48H,2H2,1,3-6H3/b15-7-,48-43?,49-28?,50-44?. The summed E-state index contributed by atoms with van der Waals surface area (Å²) in [6.07, 6.45) is 7.91. The number of amidine groups is 2. The van der Waals surface area contributed by atoms with E-state index in [4.69, 9.17) is 23.7 Å². The first-order valence-corrected chi connectivity index (χ1v) is 17.9. The summed E-state index contributed by atoms with van der Waals surface area (Å²) in [6, 6.07) is 36.2. The van der Waals surface area contributed by atoms with E-state index in [1.54, 1.807) is 0 Å². The van der Waals surface area contributed by atoms with E-state index < -0.39 is 18.3 Å². The zero-order chi connectivity index (χ0) is 36.9. The minimum absolute atomic E-state index is 0.115. The molecule has 0 radical (unpaired) electrons. The molecule has 53 heavy (non-hydrogen) atoms. The van der Waals surface area contributed by atoms with Crippen molar-refractivity contribution in [2.75, 3.05) is 0 Å². The van der Waals surface area contributed by atoms with Crippen molar-refractivity contribution in [1.82, 2.24) is 0 Å². The van der Waals surface area contributed by atoms with Crippen LogP contribution in [0, 0.1) is 5.41 Å². The first kappa shape index (κ1) is 34.2. The fourth-order valence-corrected chi connectivity index (χ4v) is 7.12. The second-order valence-electron chi connectivity index (χ2n) is 14.4. The van der Waals surface area contributed by atoms with Gasteiger partial charge in [-0.05, 0) is 91.0 Å². The minimum atomic E-state index is -0.496. The first-order valence-electron chi connectivity index (χ1n) is 17.9. The molecular formula is C46H40BN3O3. The number of hydrogen-bond acceptors (Lipinski definition) is 4. The smallest absolute Gasteiger partial charge is 0.456 e. The fraction of sp³-hybridized carbons (Fsp3) is 0.152. The second-order valence-corrected chi connectivity index (χ2v) is 14.4. The molecule has 0 bridgehead atoms. The van der Waals surface area contributed by atoms with E-state index in [0.29, 0.717) is 11.4 Å². The Labute approximate surface area is 309 Å². The van der Waals surface area contributed by atoms with E-state index >= 15 is 0 Å². The zero-order valence-electron chi connectivity index (χ0n) is 30.6. The van der Waals surface area contributed by atoms with Gasteiger partial charge in [0.1, 0.15) is 11.2 Å². The first-order chi connectivity index (χ1) is 25.6. The fourth-order valence-electron chi connectivity index (χ4n) is 7.12. The van der Waals surface area contributed by atoms with Gasteiger partial charge in [-0.15, -0.1) is 0 Å². The van der Waals surface area contributed by atoms with Gasteiger partial charge in [-0.2, -0.15) is 0 Å². The molecule has 260 valence electrons. The molecule has 6 aromatic carbocycles. The van der Waals surface area contributed by atoms with Crippen LogP contribution in [0.4, 0.5) is 0 Å². The topological polar surface area (TPSA) is 80.2 Å². The molecule has 0 amide bonds. The van der Waals surface area contributed by atoms with Crippen LogP contribution in [0.3, 0.4) is 0 Å². The Hall–Kier alpha value is -5.89. The van der Waals surface area contributed by atoms with Gasteiger partial charge in [0.25, 0.3) is 0 Å². The number of fused-ring (bicyclic) bond motifs is 6. The molecule has 6 nitrogen and oxygen atoms in total. The molecule has 7 aromatic rings. The third-order valence-corrected chi connectivity index (χ3v) is 10.6. The van der Waals surface area contributed by atoms with Gasteiger partial charge in [-0.3, -0.25) is 5.41 Å². The van der Waals surface area contributed by atoms with Gasteiger partial charge in [0.05, 0.1) is 11.2 Å². The maximum atomic E-state index is 9.23. The van der Waals surface area contributed by atoms with Crippen LogP contribution in [0.25, 0.3) is 55.6 Å². The normalized spacial score (nSPS) is 15.9. The molecule has 1 aliphatic heterocycles. The molecule has 1 saturated heterocycles. The lowest BCUT2D eigenvalue weighted by Gasteiger charge is -2.32. The van der Waals surface area contributed by atoms with Gasteiger partial charge in [0.2, 0.25) is 0 Å². The Kier molecular flexibility index (Phi) is 8.56. The van der Waals surface area contributed by atoms with Crippen molar-refractivity contribution >= 4 is 86.1 Å². The predicted octanol–water partition coefficient (Wildman–Crippen LogP) is 10.8. The lowest BCUT2D eigenvalue weighted by molar-refractivity contribution is 0.00578. The van der Waals surface area contributed by atoms with Gasteiger partial charge >= 0.3 is 7.12 Å². The molecule has 0 unspecified atom stereocenters. The van der Waals surface area contributed by atoms with Crippen LogP contribution in [0.2, 0.25) is 0 Å². The number of hydrogen-bond donors (Lipinski definition) is 1. The Morgan fingerprint density at radius 1 is 0.698 bits per heavy atom. The monoisotopic (exact) mass is 693 g/mol. The van der Waals surface area contributed by atoms with Gasteiger partial charge in [-0.1, -0.05) is 116 Å². The summed E-state index contributed by atoms with van der Waals surface area (Å²) >= 11 is 0. The predicted molar refractivity (Wildman–Crippen MR) is 223 cm³/mol. The summed E-state index contributed by atoms with van der Waals surface area (Å²) in [5, 5.41) is 15.5. The van der Waals surface area contributed by atoms with Gasteiger partial charge in [0, 0.05) is 33.7 Å². The lowest BCUT2D eigenvalue weighted by atomic mass is 9.78. The van der Waals surface area contributed by atoms with Crippen molar-refractivity contribution in [2.24, 2.45) is 9.98 Å². The van der Waals surface area contributed by atoms with E-state index in [2.05, 4.69) is 88.9 Å². The average molecular weight is 694 g/mol. The molecule has 0 atom stereocenters. The Morgan fingerprint density at radius 3 is 2.15 bits per heavy atom. The summed E-state index contributed by atoms with van der Waals surface area (Å²) in [6.45, 7) is 14.4. The maximum Gasteiger partial charge on any atom is 0.494 e. The van der Waals surface area contributed by atoms with E-state index in [9.17, 15) is 5.41 Å². The molecular weight excluding hydrogens is 653 g/mol. The second kappa shape index (κ2) is 13.3.